The van der Waals surface area contributed by atoms with E-state index in [0.717, 1.165) is 19.5 Å². The molecule has 0 aromatic carbocycles. The predicted octanol–water partition coefficient (Wildman–Crippen LogP) is 0.552. The second kappa shape index (κ2) is 7.02. The molecule has 0 spiro atoms. The van der Waals surface area contributed by atoms with E-state index in [9.17, 15) is 4.79 Å². The summed E-state index contributed by atoms with van der Waals surface area (Å²) in [6, 6.07) is 0.314. The first-order chi connectivity index (χ1) is 9.22. The molecular weight excluding hydrogens is 312 g/mol. The maximum atomic E-state index is 12.0. The Morgan fingerprint density at radius 2 is 2.42 bits per heavy atom. The van der Waals surface area contributed by atoms with Crippen molar-refractivity contribution < 1.29 is 5.11 Å². The molecule has 0 aliphatic carbocycles. The second-order valence-electron chi connectivity index (χ2n) is 4.67. The van der Waals surface area contributed by atoms with E-state index in [2.05, 4.69) is 31.7 Å². The van der Waals surface area contributed by atoms with Gasteiger partial charge in [0.1, 0.15) is 4.47 Å². The van der Waals surface area contributed by atoms with Crippen LogP contribution in [0.15, 0.2) is 15.5 Å². The summed E-state index contributed by atoms with van der Waals surface area (Å²) < 4.78 is 1.72. The fourth-order valence-corrected chi connectivity index (χ4v) is 2.60. The molecule has 1 atom stereocenters. The zero-order chi connectivity index (χ0) is 13.7. The van der Waals surface area contributed by atoms with E-state index in [1.807, 2.05) is 0 Å². The molecule has 7 heteroatoms. The van der Waals surface area contributed by atoms with E-state index in [1.54, 1.807) is 6.20 Å². The van der Waals surface area contributed by atoms with Gasteiger partial charge >= 0.3 is 0 Å². The van der Waals surface area contributed by atoms with Crippen LogP contribution in [0.5, 0.6) is 0 Å². The molecule has 0 radical (unpaired) electrons. The zero-order valence-corrected chi connectivity index (χ0v) is 12.3. The number of rotatable bonds is 4. The molecule has 2 rings (SSSR count). The van der Waals surface area contributed by atoms with Gasteiger partial charge in [0.2, 0.25) is 0 Å². The summed E-state index contributed by atoms with van der Waals surface area (Å²) in [7, 11) is 0. The average molecular weight is 331 g/mol. The average Bonchev–Trinajstić information content (AvgIpc) is 2.67. The van der Waals surface area contributed by atoms with Crippen molar-refractivity contribution in [1.82, 2.24) is 15.1 Å². The van der Waals surface area contributed by atoms with Crippen molar-refractivity contribution in [3.63, 3.8) is 0 Å². The molecule has 106 valence electrons. The lowest BCUT2D eigenvalue weighted by molar-refractivity contribution is 0.266. The van der Waals surface area contributed by atoms with Crippen molar-refractivity contribution in [2.45, 2.75) is 31.8 Å². The largest absolute Gasteiger partial charge is 0.394 e. The fraction of sp³-hybridized carbons (Fsp3) is 0.667. The summed E-state index contributed by atoms with van der Waals surface area (Å²) in [5.74, 6) is 0. The van der Waals surface area contributed by atoms with Crippen LogP contribution in [-0.2, 0) is 6.54 Å². The van der Waals surface area contributed by atoms with E-state index in [4.69, 9.17) is 5.11 Å². The third kappa shape index (κ3) is 3.77. The van der Waals surface area contributed by atoms with Crippen LogP contribution in [0.25, 0.3) is 0 Å². The van der Waals surface area contributed by atoms with Crippen molar-refractivity contribution in [2.75, 3.05) is 25.0 Å². The van der Waals surface area contributed by atoms with E-state index in [-0.39, 0.29) is 18.7 Å². The van der Waals surface area contributed by atoms with E-state index < -0.39 is 0 Å². The fourth-order valence-electron chi connectivity index (χ4n) is 2.18. The van der Waals surface area contributed by atoms with Crippen LogP contribution in [0.2, 0.25) is 0 Å². The van der Waals surface area contributed by atoms with Gasteiger partial charge in [-0.2, -0.15) is 5.10 Å². The summed E-state index contributed by atoms with van der Waals surface area (Å²) >= 11 is 3.31. The molecule has 19 heavy (non-hydrogen) atoms. The molecule has 1 aliphatic rings. The van der Waals surface area contributed by atoms with Gasteiger partial charge in [-0.15, -0.1) is 0 Å². The van der Waals surface area contributed by atoms with Gasteiger partial charge in [-0.3, -0.25) is 4.79 Å². The van der Waals surface area contributed by atoms with Gasteiger partial charge in [0.25, 0.3) is 5.56 Å². The standard InChI is InChI=1S/C12H19BrN4O2/c13-11-10(8-15-17(5-6-18)12(11)19)16-9-3-1-2-4-14-7-9/h8-9,14,16,18H,1-7H2. The molecule has 3 N–H and O–H groups in total. The van der Waals surface area contributed by atoms with E-state index >= 15 is 0 Å². The van der Waals surface area contributed by atoms with Gasteiger partial charge in [0, 0.05) is 12.6 Å². The summed E-state index contributed by atoms with van der Waals surface area (Å²) in [6.07, 6.45) is 5.08. The third-order valence-corrected chi connectivity index (χ3v) is 3.97. The van der Waals surface area contributed by atoms with Gasteiger partial charge < -0.3 is 15.7 Å². The van der Waals surface area contributed by atoms with Gasteiger partial charge in [0.15, 0.2) is 0 Å². The van der Waals surface area contributed by atoms with Crippen LogP contribution in [0.4, 0.5) is 5.69 Å². The SMILES string of the molecule is O=c1c(Br)c(NC2CCCCNC2)cnn1CCO. The lowest BCUT2D eigenvalue weighted by Crippen LogP contribution is -2.32. The highest BCUT2D eigenvalue weighted by Crippen LogP contribution is 2.19. The highest BCUT2D eigenvalue weighted by atomic mass is 79.9. The molecule has 2 heterocycles. The lowest BCUT2D eigenvalue weighted by atomic mass is 10.1. The van der Waals surface area contributed by atoms with Crippen LogP contribution in [0.3, 0.4) is 0 Å². The first-order valence-corrected chi connectivity index (χ1v) is 7.35. The zero-order valence-electron chi connectivity index (χ0n) is 10.7. The van der Waals surface area contributed by atoms with Crippen LogP contribution >= 0.6 is 15.9 Å². The summed E-state index contributed by atoms with van der Waals surface area (Å²) in [5.41, 5.74) is 0.494. The molecule has 0 amide bonds. The maximum Gasteiger partial charge on any atom is 0.283 e. The van der Waals surface area contributed by atoms with E-state index in [0.29, 0.717) is 16.2 Å². The van der Waals surface area contributed by atoms with Gasteiger partial charge in [-0.25, -0.2) is 4.68 Å². The van der Waals surface area contributed by atoms with Gasteiger partial charge in [-0.1, -0.05) is 6.42 Å². The summed E-state index contributed by atoms with van der Waals surface area (Å²) in [6.45, 7) is 2.06. The minimum absolute atomic E-state index is 0.0985. The Morgan fingerprint density at radius 1 is 1.58 bits per heavy atom. The number of nitrogens with zero attached hydrogens (tertiary/aromatic N) is 2. The predicted molar refractivity (Wildman–Crippen MR) is 77.4 cm³/mol. The minimum atomic E-state index is -0.222. The topological polar surface area (TPSA) is 79.2 Å². The molecule has 1 aliphatic heterocycles. The van der Waals surface area contributed by atoms with Crippen LogP contribution < -0.4 is 16.2 Å². The normalized spacial score (nSPS) is 20.0. The summed E-state index contributed by atoms with van der Waals surface area (Å²) in [4.78, 5) is 12.0. The van der Waals surface area contributed by atoms with Crippen molar-refractivity contribution in [3.05, 3.63) is 21.0 Å². The molecule has 1 saturated heterocycles. The molecule has 1 unspecified atom stereocenters. The van der Waals surface area contributed by atoms with Gasteiger partial charge in [0.05, 0.1) is 25.0 Å². The second-order valence-corrected chi connectivity index (χ2v) is 5.46. The number of aromatic nitrogens is 2. The van der Waals surface area contributed by atoms with Crippen molar-refractivity contribution in [2.24, 2.45) is 0 Å². The van der Waals surface area contributed by atoms with Crippen LogP contribution in [0.1, 0.15) is 19.3 Å². The Hall–Kier alpha value is -0.920. The number of halogens is 1. The van der Waals surface area contributed by atoms with Crippen molar-refractivity contribution >= 4 is 21.6 Å². The van der Waals surface area contributed by atoms with Crippen molar-refractivity contribution in [3.8, 4) is 0 Å². The smallest absolute Gasteiger partial charge is 0.283 e. The molecule has 0 bridgehead atoms. The number of nitrogens with one attached hydrogen (secondary N) is 2. The maximum absolute atomic E-state index is 12.0. The summed E-state index contributed by atoms with van der Waals surface area (Å²) in [5, 5.41) is 19.6. The highest BCUT2D eigenvalue weighted by molar-refractivity contribution is 9.10. The third-order valence-electron chi connectivity index (χ3n) is 3.20. The quantitative estimate of drug-likeness (QED) is 0.751. The number of aliphatic hydroxyl groups is 1. The van der Waals surface area contributed by atoms with E-state index in [1.165, 1.54) is 17.5 Å². The number of hydrogen-bond acceptors (Lipinski definition) is 5. The minimum Gasteiger partial charge on any atom is -0.394 e. The first-order valence-electron chi connectivity index (χ1n) is 6.56. The Kier molecular flexibility index (Phi) is 5.35. The molecule has 1 aromatic rings. The lowest BCUT2D eigenvalue weighted by Gasteiger charge is -2.18. The monoisotopic (exact) mass is 330 g/mol. The Balaban J connectivity index is 2.12. The molecular formula is C12H19BrN4O2. The molecule has 1 fully saturated rings. The highest BCUT2D eigenvalue weighted by Gasteiger charge is 2.15. The Labute approximate surface area is 120 Å². The van der Waals surface area contributed by atoms with Crippen molar-refractivity contribution in [1.29, 1.82) is 0 Å². The molecule has 1 aromatic heterocycles. The number of aliphatic hydroxyl groups excluding tert-OH is 1. The number of hydrogen-bond donors (Lipinski definition) is 3. The Bertz CT molecular complexity index is 469. The van der Waals surface area contributed by atoms with Crippen LogP contribution in [-0.4, -0.2) is 40.6 Å². The Morgan fingerprint density at radius 3 is 3.21 bits per heavy atom. The van der Waals surface area contributed by atoms with Crippen LogP contribution in [0, 0.1) is 0 Å². The van der Waals surface area contributed by atoms with Gasteiger partial charge in [-0.05, 0) is 35.3 Å². The first kappa shape index (κ1) is 14.5. The molecule has 6 nitrogen and oxygen atoms in total. The number of anilines is 1. The molecule has 0 saturated carbocycles.